The molecule has 104 valence electrons. The first-order chi connectivity index (χ1) is 8.89. The molecule has 1 aromatic heterocycles. The van der Waals surface area contributed by atoms with Crippen LogP contribution in [0.15, 0.2) is 29.2 Å². The van der Waals surface area contributed by atoms with E-state index < -0.39 is 11.5 Å². The van der Waals surface area contributed by atoms with Crippen molar-refractivity contribution in [2.24, 2.45) is 0 Å². The predicted octanol–water partition coefficient (Wildman–Crippen LogP) is 0.608. The molecule has 0 aliphatic heterocycles. The van der Waals surface area contributed by atoms with Gasteiger partial charge in [-0.15, -0.1) is 0 Å². The van der Waals surface area contributed by atoms with Crippen molar-refractivity contribution >= 4 is 11.9 Å². The number of nitrogens with zero attached hydrogens (tertiary/aromatic N) is 1. The van der Waals surface area contributed by atoms with Gasteiger partial charge in [0.05, 0.1) is 0 Å². The van der Waals surface area contributed by atoms with Gasteiger partial charge in [0.2, 0.25) is 5.91 Å². The zero-order valence-electron chi connectivity index (χ0n) is 11.0. The van der Waals surface area contributed by atoms with Gasteiger partial charge >= 0.3 is 5.97 Å². The monoisotopic (exact) mass is 266 g/mol. The molecule has 0 aliphatic carbocycles. The Morgan fingerprint density at radius 3 is 2.63 bits per heavy atom. The van der Waals surface area contributed by atoms with Gasteiger partial charge in [0.25, 0.3) is 5.56 Å². The maximum absolute atomic E-state index is 11.7. The third-order valence-corrected chi connectivity index (χ3v) is 3.07. The second kappa shape index (κ2) is 6.17. The number of carboxylic acid groups (broad SMARTS) is 1. The third kappa shape index (κ3) is 3.94. The molecule has 0 radical (unpaired) electrons. The van der Waals surface area contributed by atoms with E-state index in [4.69, 9.17) is 5.11 Å². The van der Waals surface area contributed by atoms with Crippen LogP contribution >= 0.6 is 0 Å². The topological polar surface area (TPSA) is 88.4 Å². The van der Waals surface area contributed by atoms with Gasteiger partial charge in [0.15, 0.2) is 0 Å². The number of aromatic nitrogens is 1. The van der Waals surface area contributed by atoms with E-state index in [1.165, 1.54) is 17.6 Å². The van der Waals surface area contributed by atoms with Crippen molar-refractivity contribution in [2.75, 3.05) is 0 Å². The molecule has 0 aromatic carbocycles. The van der Waals surface area contributed by atoms with Gasteiger partial charge in [0, 0.05) is 25.2 Å². The summed E-state index contributed by atoms with van der Waals surface area (Å²) in [6.45, 7) is 3.38. The summed E-state index contributed by atoms with van der Waals surface area (Å²) < 4.78 is 1.41. The molecule has 0 fully saturated rings. The van der Waals surface area contributed by atoms with Crippen LogP contribution in [-0.4, -0.2) is 27.1 Å². The van der Waals surface area contributed by atoms with E-state index in [0.717, 1.165) is 0 Å². The highest BCUT2D eigenvalue weighted by atomic mass is 16.4. The van der Waals surface area contributed by atoms with Crippen LogP contribution in [0, 0.1) is 0 Å². The summed E-state index contributed by atoms with van der Waals surface area (Å²) in [5.74, 6) is -1.46. The summed E-state index contributed by atoms with van der Waals surface area (Å²) in [5, 5.41) is 11.5. The van der Waals surface area contributed by atoms with Crippen LogP contribution in [0.5, 0.6) is 0 Å². The van der Waals surface area contributed by atoms with Crippen LogP contribution < -0.4 is 10.9 Å². The van der Waals surface area contributed by atoms with E-state index in [1.54, 1.807) is 25.3 Å². The van der Waals surface area contributed by atoms with Crippen molar-refractivity contribution in [3.63, 3.8) is 0 Å². The summed E-state index contributed by atoms with van der Waals surface area (Å²) in [6.07, 6.45) is 1.94. The Labute approximate surface area is 111 Å². The molecule has 0 saturated carbocycles. The second-order valence-electron chi connectivity index (χ2n) is 4.52. The highest BCUT2D eigenvalue weighted by molar-refractivity contribution is 5.86. The van der Waals surface area contributed by atoms with Crippen LogP contribution in [0.25, 0.3) is 0 Å². The number of rotatable bonds is 6. The highest BCUT2D eigenvalue weighted by Gasteiger charge is 2.32. The van der Waals surface area contributed by atoms with Crippen LogP contribution in [0.1, 0.15) is 26.7 Å². The van der Waals surface area contributed by atoms with E-state index in [2.05, 4.69) is 5.32 Å². The van der Waals surface area contributed by atoms with Crippen LogP contribution in [0.3, 0.4) is 0 Å². The number of carbonyl (C=O) groups excluding carboxylic acids is 1. The Morgan fingerprint density at radius 1 is 1.42 bits per heavy atom. The number of carboxylic acids is 1. The molecule has 19 heavy (non-hydrogen) atoms. The number of hydrogen-bond acceptors (Lipinski definition) is 3. The average Bonchev–Trinajstić information content (AvgIpc) is 2.37. The lowest BCUT2D eigenvalue weighted by molar-refractivity contribution is -0.147. The lowest BCUT2D eigenvalue weighted by Gasteiger charge is -2.24. The molecule has 0 bridgehead atoms. The highest BCUT2D eigenvalue weighted by Crippen LogP contribution is 2.09. The van der Waals surface area contributed by atoms with Crippen molar-refractivity contribution in [3.8, 4) is 0 Å². The molecule has 0 saturated heterocycles. The fraction of sp³-hybridized carbons (Fsp3) is 0.462. The molecule has 6 nitrogen and oxygen atoms in total. The summed E-state index contributed by atoms with van der Waals surface area (Å²) >= 11 is 0. The molecule has 1 amide bonds. The van der Waals surface area contributed by atoms with E-state index in [9.17, 15) is 14.4 Å². The Balaban J connectivity index is 2.60. The predicted molar refractivity (Wildman–Crippen MR) is 69.8 cm³/mol. The minimum atomic E-state index is -1.27. The van der Waals surface area contributed by atoms with Crippen molar-refractivity contribution in [2.45, 2.75) is 38.8 Å². The second-order valence-corrected chi connectivity index (χ2v) is 4.52. The fourth-order valence-electron chi connectivity index (χ4n) is 1.53. The number of nitrogens with one attached hydrogen (secondary N) is 1. The number of amides is 1. The van der Waals surface area contributed by atoms with Gasteiger partial charge in [0.1, 0.15) is 5.54 Å². The number of pyridine rings is 1. The van der Waals surface area contributed by atoms with Crippen molar-refractivity contribution in [1.82, 2.24) is 9.88 Å². The molecular formula is C13H18N2O4. The Bertz CT molecular complexity index is 523. The summed E-state index contributed by atoms with van der Waals surface area (Å²) in [5.41, 5.74) is -1.45. The largest absolute Gasteiger partial charge is 0.480 e. The minimum Gasteiger partial charge on any atom is -0.480 e. The smallest absolute Gasteiger partial charge is 0.329 e. The summed E-state index contributed by atoms with van der Waals surface area (Å²) in [6, 6.07) is 4.73. The molecule has 1 rings (SSSR count). The standard InChI is InChI=1S/C13H18N2O4/c1-3-13(2,12(18)19)14-10(16)7-9-15-8-5-4-6-11(15)17/h4-6,8H,3,7,9H2,1-2H3,(H,14,16)(H,18,19). The molecule has 0 spiro atoms. The first-order valence-corrected chi connectivity index (χ1v) is 6.09. The van der Waals surface area contributed by atoms with Gasteiger partial charge in [-0.25, -0.2) is 4.79 Å². The number of aliphatic carboxylic acids is 1. The zero-order valence-corrected chi connectivity index (χ0v) is 11.0. The SMILES string of the molecule is CCC(C)(NC(=O)CCn1ccccc1=O)C(=O)O. The van der Waals surface area contributed by atoms with Crippen LogP contribution in [0.2, 0.25) is 0 Å². The molecule has 2 N–H and O–H groups in total. The maximum atomic E-state index is 11.7. The van der Waals surface area contributed by atoms with Crippen LogP contribution in [0.4, 0.5) is 0 Å². The molecule has 0 aliphatic rings. The first-order valence-electron chi connectivity index (χ1n) is 6.09. The van der Waals surface area contributed by atoms with Gasteiger partial charge < -0.3 is 15.0 Å². The van der Waals surface area contributed by atoms with Crippen LogP contribution in [-0.2, 0) is 16.1 Å². The van der Waals surface area contributed by atoms with E-state index in [0.29, 0.717) is 6.42 Å². The molecular weight excluding hydrogens is 248 g/mol. The van der Waals surface area contributed by atoms with E-state index >= 15 is 0 Å². The lowest BCUT2D eigenvalue weighted by atomic mass is 9.99. The van der Waals surface area contributed by atoms with Crippen molar-refractivity contribution in [3.05, 3.63) is 34.7 Å². The molecule has 1 unspecified atom stereocenters. The average molecular weight is 266 g/mol. The van der Waals surface area contributed by atoms with Gasteiger partial charge in [-0.1, -0.05) is 13.0 Å². The lowest BCUT2D eigenvalue weighted by Crippen LogP contribution is -2.51. The minimum absolute atomic E-state index is 0.0623. The van der Waals surface area contributed by atoms with Crippen molar-refractivity contribution < 1.29 is 14.7 Å². The third-order valence-electron chi connectivity index (χ3n) is 3.07. The number of hydrogen-bond donors (Lipinski definition) is 2. The van der Waals surface area contributed by atoms with Gasteiger partial charge in [-0.2, -0.15) is 0 Å². The van der Waals surface area contributed by atoms with Gasteiger partial charge in [-0.3, -0.25) is 9.59 Å². The van der Waals surface area contributed by atoms with E-state index in [1.807, 2.05) is 0 Å². The Morgan fingerprint density at radius 2 is 2.11 bits per heavy atom. The number of carbonyl (C=O) groups is 2. The molecule has 1 heterocycles. The number of aryl methyl sites for hydroxylation is 1. The normalized spacial score (nSPS) is 13.6. The molecule has 1 atom stereocenters. The summed E-state index contributed by atoms with van der Waals surface area (Å²) in [7, 11) is 0. The zero-order chi connectivity index (χ0) is 14.5. The van der Waals surface area contributed by atoms with E-state index in [-0.39, 0.29) is 24.4 Å². The van der Waals surface area contributed by atoms with Gasteiger partial charge in [-0.05, 0) is 19.4 Å². The maximum Gasteiger partial charge on any atom is 0.329 e. The Kier molecular flexibility index (Phi) is 4.86. The molecule has 1 aromatic rings. The Hall–Kier alpha value is -2.11. The quantitative estimate of drug-likeness (QED) is 0.789. The first kappa shape index (κ1) is 14.9. The fourth-order valence-corrected chi connectivity index (χ4v) is 1.53. The summed E-state index contributed by atoms with van der Waals surface area (Å²) in [4.78, 5) is 34.2. The van der Waals surface area contributed by atoms with Crippen molar-refractivity contribution in [1.29, 1.82) is 0 Å². The molecule has 6 heteroatoms.